The molecule has 0 saturated carbocycles. The van der Waals surface area contributed by atoms with Crippen LogP contribution in [0.3, 0.4) is 0 Å². The molecule has 1 aromatic heterocycles. The third-order valence-corrected chi connectivity index (χ3v) is 4.91. The number of thiocarbonyl (C=S) groups is 1. The van der Waals surface area contributed by atoms with Crippen molar-refractivity contribution in [3.63, 3.8) is 0 Å². The maximum Gasteiger partial charge on any atom is 0.175 e. The van der Waals surface area contributed by atoms with Crippen LogP contribution in [0.5, 0.6) is 0 Å². The Hall–Kier alpha value is -2.18. The van der Waals surface area contributed by atoms with Gasteiger partial charge in [-0.25, -0.2) is 0 Å². The van der Waals surface area contributed by atoms with Gasteiger partial charge in [0.1, 0.15) is 0 Å². The van der Waals surface area contributed by atoms with Gasteiger partial charge in [0.15, 0.2) is 5.11 Å². The molecule has 0 unspecified atom stereocenters. The van der Waals surface area contributed by atoms with Gasteiger partial charge in [-0.05, 0) is 62.8 Å². The van der Waals surface area contributed by atoms with E-state index >= 15 is 0 Å². The SMILES string of the molecule is Cc1ccc(Cn2nc(C)c(NC(=S)Nc3ccc(Br)cc3)c2C)cc1. The van der Waals surface area contributed by atoms with Crippen molar-refractivity contribution >= 4 is 44.6 Å². The Kier molecular flexibility index (Phi) is 5.74. The number of halogens is 1. The van der Waals surface area contributed by atoms with E-state index < -0.39 is 0 Å². The highest BCUT2D eigenvalue weighted by molar-refractivity contribution is 9.10. The molecule has 3 aromatic rings. The van der Waals surface area contributed by atoms with Gasteiger partial charge >= 0.3 is 0 Å². The first-order valence-electron chi connectivity index (χ1n) is 8.35. The van der Waals surface area contributed by atoms with Crippen molar-refractivity contribution in [2.45, 2.75) is 27.3 Å². The first-order chi connectivity index (χ1) is 12.4. The topological polar surface area (TPSA) is 41.9 Å². The number of rotatable bonds is 4. The minimum absolute atomic E-state index is 0.549. The van der Waals surface area contributed by atoms with Crippen molar-refractivity contribution < 1.29 is 0 Å². The molecule has 0 spiro atoms. The van der Waals surface area contributed by atoms with E-state index in [0.29, 0.717) is 5.11 Å². The van der Waals surface area contributed by atoms with E-state index in [-0.39, 0.29) is 0 Å². The van der Waals surface area contributed by atoms with Crippen molar-refractivity contribution in [1.82, 2.24) is 9.78 Å². The van der Waals surface area contributed by atoms with Gasteiger partial charge < -0.3 is 10.6 Å². The Bertz CT molecular complexity index is 914. The number of nitrogens with one attached hydrogen (secondary N) is 2. The van der Waals surface area contributed by atoms with Gasteiger partial charge in [0, 0.05) is 10.2 Å². The van der Waals surface area contributed by atoms with E-state index in [2.05, 4.69) is 69.8 Å². The molecule has 0 aliphatic heterocycles. The maximum absolute atomic E-state index is 5.45. The van der Waals surface area contributed by atoms with Crippen LogP contribution in [0, 0.1) is 20.8 Å². The van der Waals surface area contributed by atoms with Gasteiger partial charge in [-0.1, -0.05) is 45.8 Å². The van der Waals surface area contributed by atoms with E-state index in [1.54, 1.807) is 0 Å². The number of hydrogen-bond donors (Lipinski definition) is 2. The molecule has 1 heterocycles. The highest BCUT2D eigenvalue weighted by atomic mass is 79.9. The second-order valence-corrected chi connectivity index (χ2v) is 7.60. The molecule has 3 rings (SSSR count). The largest absolute Gasteiger partial charge is 0.332 e. The molecule has 0 radical (unpaired) electrons. The fourth-order valence-electron chi connectivity index (χ4n) is 2.71. The summed E-state index contributed by atoms with van der Waals surface area (Å²) in [4.78, 5) is 0. The van der Waals surface area contributed by atoms with Crippen LogP contribution in [0.25, 0.3) is 0 Å². The second kappa shape index (κ2) is 8.01. The number of aromatic nitrogens is 2. The van der Waals surface area contributed by atoms with Crippen molar-refractivity contribution in [2.75, 3.05) is 10.6 Å². The lowest BCUT2D eigenvalue weighted by atomic mass is 10.1. The molecule has 0 atom stereocenters. The minimum Gasteiger partial charge on any atom is -0.332 e. The van der Waals surface area contributed by atoms with Crippen molar-refractivity contribution in [3.05, 3.63) is 75.5 Å². The number of nitrogens with zero attached hydrogens (tertiary/aromatic N) is 2. The molecule has 2 aromatic carbocycles. The number of hydrogen-bond acceptors (Lipinski definition) is 2. The van der Waals surface area contributed by atoms with Crippen LogP contribution in [0.4, 0.5) is 11.4 Å². The summed E-state index contributed by atoms with van der Waals surface area (Å²) in [6.07, 6.45) is 0. The van der Waals surface area contributed by atoms with Gasteiger partial charge in [-0.15, -0.1) is 0 Å². The first kappa shape index (κ1) is 18.6. The quantitative estimate of drug-likeness (QED) is 0.543. The molecule has 26 heavy (non-hydrogen) atoms. The van der Waals surface area contributed by atoms with E-state index in [0.717, 1.165) is 33.8 Å². The zero-order valence-corrected chi connectivity index (χ0v) is 17.4. The van der Waals surface area contributed by atoms with Crippen LogP contribution in [0.15, 0.2) is 53.0 Å². The Morgan fingerprint density at radius 1 is 1.00 bits per heavy atom. The van der Waals surface area contributed by atoms with E-state index in [4.69, 9.17) is 12.2 Å². The summed E-state index contributed by atoms with van der Waals surface area (Å²) in [5.74, 6) is 0. The third-order valence-electron chi connectivity index (χ3n) is 4.18. The third kappa shape index (κ3) is 4.51. The molecule has 0 bridgehead atoms. The summed E-state index contributed by atoms with van der Waals surface area (Å²) < 4.78 is 3.04. The first-order valence-corrected chi connectivity index (χ1v) is 9.55. The predicted octanol–water partition coefficient (Wildman–Crippen LogP) is 5.43. The van der Waals surface area contributed by atoms with Gasteiger partial charge in [-0.3, -0.25) is 4.68 Å². The summed E-state index contributed by atoms with van der Waals surface area (Å²) in [6, 6.07) is 16.4. The Morgan fingerprint density at radius 3 is 2.31 bits per heavy atom. The van der Waals surface area contributed by atoms with Crippen LogP contribution in [-0.4, -0.2) is 14.9 Å². The molecule has 0 fully saturated rings. The van der Waals surface area contributed by atoms with Gasteiger partial charge in [0.05, 0.1) is 23.6 Å². The molecular weight excluding hydrogens is 408 g/mol. The summed E-state index contributed by atoms with van der Waals surface area (Å²) in [7, 11) is 0. The second-order valence-electron chi connectivity index (χ2n) is 6.28. The lowest BCUT2D eigenvalue weighted by Crippen LogP contribution is -2.19. The molecule has 6 heteroatoms. The van der Waals surface area contributed by atoms with E-state index in [9.17, 15) is 0 Å². The smallest absolute Gasteiger partial charge is 0.175 e. The molecule has 0 saturated heterocycles. The van der Waals surface area contributed by atoms with Crippen LogP contribution in [0.2, 0.25) is 0 Å². The Morgan fingerprint density at radius 2 is 1.65 bits per heavy atom. The normalized spacial score (nSPS) is 10.6. The molecule has 0 aliphatic rings. The molecule has 4 nitrogen and oxygen atoms in total. The summed E-state index contributed by atoms with van der Waals surface area (Å²) >= 11 is 8.88. The summed E-state index contributed by atoms with van der Waals surface area (Å²) in [6.45, 7) is 6.87. The number of anilines is 2. The monoisotopic (exact) mass is 428 g/mol. The summed E-state index contributed by atoms with van der Waals surface area (Å²) in [5.41, 5.74) is 6.36. The maximum atomic E-state index is 5.45. The van der Waals surface area contributed by atoms with Crippen molar-refractivity contribution in [1.29, 1.82) is 0 Å². The molecule has 134 valence electrons. The Labute approximate surface area is 167 Å². The van der Waals surface area contributed by atoms with Gasteiger partial charge in [-0.2, -0.15) is 5.10 Å². The standard InChI is InChI=1S/C20H21BrN4S/c1-13-4-6-16(7-5-13)12-25-15(3)19(14(2)24-25)23-20(26)22-18-10-8-17(21)9-11-18/h4-11H,12H2,1-3H3,(H2,22,23,26). The molecular formula is C20H21BrN4S. The van der Waals surface area contributed by atoms with Crippen molar-refractivity contribution in [3.8, 4) is 0 Å². The minimum atomic E-state index is 0.549. The lowest BCUT2D eigenvalue weighted by molar-refractivity contribution is 0.659. The highest BCUT2D eigenvalue weighted by Gasteiger charge is 2.13. The highest BCUT2D eigenvalue weighted by Crippen LogP contribution is 2.21. The van der Waals surface area contributed by atoms with Crippen LogP contribution in [-0.2, 0) is 6.54 Å². The molecule has 2 N–H and O–H groups in total. The molecule has 0 aliphatic carbocycles. The predicted molar refractivity (Wildman–Crippen MR) is 116 cm³/mol. The van der Waals surface area contributed by atoms with E-state index in [1.165, 1.54) is 11.1 Å². The fraction of sp³-hybridized carbons (Fsp3) is 0.200. The van der Waals surface area contributed by atoms with E-state index in [1.807, 2.05) is 35.9 Å². The van der Waals surface area contributed by atoms with Crippen LogP contribution >= 0.6 is 28.1 Å². The Balaban J connectivity index is 1.71. The van der Waals surface area contributed by atoms with Crippen LogP contribution < -0.4 is 10.6 Å². The average Bonchev–Trinajstić information content (AvgIpc) is 2.86. The lowest BCUT2D eigenvalue weighted by Gasteiger charge is -2.11. The van der Waals surface area contributed by atoms with Crippen molar-refractivity contribution in [2.24, 2.45) is 0 Å². The van der Waals surface area contributed by atoms with Gasteiger partial charge in [0.2, 0.25) is 0 Å². The van der Waals surface area contributed by atoms with Crippen LogP contribution in [0.1, 0.15) is 22.5 Å². The fourth-order valence-corrected chi connectivity index (χ4v) is 3.19. The van der Waals surface area contributed by atoms with Gasteiger partial charge in [0.25, 0.3) is 0 Å². The average molecular weight is 429 g/mol. The zero-order valence-electron chi connectivity index (χ0n) is 15.0. The number of benzene rings is 2. The zero-order chi connectivity index (χ0) is 18.7. The summed E-state index contributed by atoms with van der Waals surface area (Å²) in [5, 5.41) is 11.7. The number of aryl methyl sites for hydroxylation is 2. The molecule has 0 amide bonds.